The topological polar surface area (TPSA) is 57.7 Å². The van der Waals surface area contributed by atoms with Crippen molar-refractivity contribution in [2.75, 3.05) is 26.7 Å². The van der Waals surface area contributed by atoms with E-state index < -0.39 is 10.0 Å². The fraction of sp³-hybridized carbons (Fsp3) is 0.500. The second kappa shape index (κ2) is 5.18. The van der Waals surface area contributed by atoms with Crippen LogP contribution in [0.2, 0.25) is 0 Å². The van der Waals surface area contributed by atoms with Crippen LogP contribution in [-0.4, -0.2) is 50.2 Å². The van der Waals surface area contributed by atoms with E-state index in [1.807, 2.05) is 19.1 Å². The summed E-state index contributed by atoms with van der Waals surface area (Å²) >= 11 is 0. The largest absolute Gasteiger partial charge is 0.343 e. The maximum atomic E-state index is 12.7. The van der Waals surface area contributed by atoms with Gasteiger partial charge in [-0.25, -0.2) is 8.42 Å². The van der Waals surface area contributed by atoms with Gasteiger partial charge in [-0.3, -0.25) is 4.79 Å². The van der Waals surface area contributed by atoms with Crippen LogP contribution in [0.5, 0.6) is 0 Å². The van der Waals surface area contributed by atoms with E-state index in [0.29, 0.717) is 18.0 Å². The average Bonchev–Trinajstić information content (AvgIpc) is 2.30. The average molecular weight is 296 g/mol. The molecule has 1 saturated heterocycles. The first-order valence-electron chi connectivity index (χ1n) is 6.55. The number of rotatable bonds is 2. The molecular weight excluding hydrogens is 276 g/mol. The molecule has 20 heavy (non-hydrogen) atoms. The van der Waals surface area contributed by atoms with E-state index in [1.54, 1.807) is 25.8 Å². The van der Waals surface area contributed by atoms with Gasteiger partial charge in [-0.2, -0.15) is 4.31 Å². The smallest absolute Gasteiger partial charge is 0.244 e. The van der Waals surface area contributed by atoms with Crippen LogP contribution in [0, 0.1) is 20.8 Å². The SMILES string of the molecule is Cc1cc(C)c(S(=O)(=O)N2CCN(C)C(=O)C2)c(C)c1. The molecule has 0 N–H and O–H groups in total. The lowest BCUT2D eigenvalue weighted by molar-refractivity contribution is -0.132. The molecule has 1 aromatic carbocycles. The van der Waals surface area contributed by atoms with Gasteiger partial charge in [0, 0.05) is 20.1 Å². The fourth-order valence-corrected chi connectivity index (χ4v) is 4.44. The molecule has 1 aliphatic rings. The number of amides is 1. The van der Waals surface area contributed by atoms with E-state index in [1.165, 1.54) is 4.31 Å². The van der Waals surface area contributed by atoms with E-state index in [9.17, 15) is 13.2 Å². The third-order valence-corrected chi connectivity index (χ3v) is 5.78. The van der Waals surface area contributed by atoms with E-state index in [-0.39, 0.29) is 12.5 Å². The lowest BCUT2D eigenvalue weighted by atomic mass is 10.1. The number of aryl methyl sites for hydroxylation is 3. The lowest BCUT2D eigenvalue weighted by Gasteiger charge is -2.32. The first kappa shape index (κ1) is 15.0. The van der Waals surface area contributed by atoms with Crippen molar-refractivity contribution in [3.63, 3.8) is 0 Å². The van der Waals surface area contributed by atoms with Gasteiger partial charge in [-0.1, -0.05) is 17.7 Å². The third kappa shape index (κ3) is 2.58. The minimum Gasteiger partial charge on any atom is -0.343 e. The Morgan fingerprint density at radius 1 is 1.05 bits per heavy atom. The van der Waals surface area contributed by atoms with Crippen molar-refractivity contribution in [2.45, 2.75) is 25.7 Å². The first-order valence-corrected chi connectivity index (χ1v) is 7.99. The van der Waals surface area contributed by atoms with Gasteiger partial charge in [0.25, 0.3) is 0 Å². The zero-order chi connectivity index (χ0) is 15.1. The zero-order valence-electron chi connectivity index (χ0n) is 12.3. The second-order valence-corrected chi connectivity index (χ2v) is 7.26. The van der Waals surface area contributed by atoms with Gasteiger partial charge in [0.05, 0.1) is 11.4 Å². The Morgan fingerprint density at radius 2 is 1.60 bits per heavy atom. The molecular formula is C14H20N2O3S. The highest BCUT2D eigenvalue weighted by Gasteiger charge is 2.33. The normalized spacial score (nSPS) is 17.6. The summed E-state index contributed by atoms with van der Waals surface area (Å²) in [5.74, 6) is -0.165. The highest BCUT2D eigenvalue weighted by atomic mass is 32.2. The Morgan fingerprint density at radius 3 is 2.10 bits per heavy atom. The summed E-state index contributed by atoms with van der Waals surface area (Å²) < 4.78 is 26.8. The number of piperazine rings is 1. The van der Waals surface area contributed by atoms with Crippen LogP contribution in [0.15, 0.2) is 17.0 Å². The molecule has 0 saturated carbocycles. The van der Waals surface area contributed by atoms with Gasteiger partial charge in [0.15, 0.2) is 0 Å². The molecule has 0 unspecified atom stereocenters. The number of hydrogen-bond donors (Lipinski definition) is 0. The van der Waals surface area contributed by atoms with E-state index in [0.717, 1.165) is 16.7 Å². The summed E-state index contributed by atoms with van der Waals surface area (Å²) in [6.45, 7) is 6.23. The van der Waals surface area contributed by atoms with Crippen LogP contribution < -0.4 is 0 Å². The molecule has 0 atom stereocenters. The van der Waals surface area contributed by atoms with Crippen LogP contribution in [-0.2, 0) is 14.8 Å². The summed E-state index contributed by atoms with van der Waals surface area (Å²) in [4.78, 5) is 13.6. The Labute approximate surface area is 120 Å². The molecule has 1 fully saturated rings. The number of benzene rings is 1. The fourth-order valence-electron chi connectivity index (χ4n) is 2.64. The van der Waals surface area contributed by atoms with E-state index in [4.69, 9.17) is 0 Å². The summed E-state index contributed by atoms with van der Waals surface area (Å²) in [5, 5.41) is 0. The van der Waals surface area contributed by atoms with Crippen molar-refractivity contribution in [3.8, 4) is 0 Å². The summed E-state index contributed by atoms with van der Waals surface area (Å²) in [7, 11) is -1.92. The molecule has 0 radical (unpaired) electrons. The Balaban J connectivity index is 2.44. The third-order valence-electron chi connectivity index (χ3n) is 3.62. The predicted molar refractivity (Wildman–Crippen MR) is 77.0 cm³/mol. The second-order valence-electron chi connectivity index (χ2n) is 5.38. The van der Waals surface area contributed by atoms with Crippen LogP contribution in [0.3, 0.4) is 0 Å². The summed E-state index contributed by atoms with van der Waals surface area (Å²) in [5.41, 5.74) is 2.50. The minimum absolute atomic E-state index is 0.0778. The molecule has 110 valence electrons. The van der Waals surface area contributed by atoms with Crippen LogP contribution >= 0.6 is 0 Å². The molecule has 1 heterocycles. The van der Waals surface area contributed by atoms with Gasteiger partial charge in [-0.05, 0) is 31.9 Å². The summed E-state index contributed by atoms with van der Waals surface area (Å²) in [6, 6.07) is 3.72. The van der Waals surface area contributed by atoms with Gasteiger partial charge in [0.2, 0.25) is 15.9 Å². The molecule has 2 rings (SSSR count). The van der Waals surface area contributed by atoms with Gasteiger partial charge in [0.1, 0.15) is 0 Å². The minimum atomic E-state index is -3.61. The first-order chi connectivity index (χ1) is 9.23. The molecule has 0 spiro atoms. The number of sulfonamides is 1. The zero-order valence-corrected chi connectivity index (χ0v) is 13.1. The van der Waals surface area contributed by atoms with Crippen molar-refractivity contribution in [1.29, 1.82) is 0 Å². The van der Waals surface area contributed by atoms with Crippen molar-refractivity contribution >= 4 is 15.9 Å². The molecule has 0 aliphatic carbocycles. The monoisotopic (exact) mass is 296 g/mol. The molecule has 5 nitrogen and oxygen atoms in total. The maximum absolute atomic E-state index is 12.7. The van der Waals surface area contributed by atoms with E-state index >= 15 is 0 Å². The van der Waals surface area contributed by atoms with Crippen molar-refractivity contribution in [3.05, 3.63) is 28.8 Å². The molecule has 1 aromatic rings. The Hall–Kier alpha value is -1.40. The standard InChI is InChI=1S/C14H20N2O3S/c1-10-7-11(2)14(12(3)8-10)20(18,19)16-6-5-15(4)13(17)9-16/h7-8H,5-6,9H2,1-4H3. The molecule has 0 bridgehead atoms. The number of carbonyl (C=O) groups excluding carboxylic acids is 1. The maximum Gasteiger partial charge on any atom is 0.244 e. The molecule has 1 aliphatic heterocycles. The number of likely N-dealkylation sites (N-methyl/N-ethyl adjacent to an activating group) is 1. The highest BCUT2D eigenvalue weighted by molar-refractivity contribution is 7.89. The molecule has 1 amide bonds. The highest BCUT2D eigenvalue weighted by Crippen LogP contribution is 2.25. The quantitative estimate of drug-likeness (QED) is 0.820. The van der Waals surface area contributed by atoms with E-state index in [2.05, 4.69) is 0 Å². The van der Waals surface area contributed by atoms with Crippen LogP contribution in [0.25, 0.3) is 0 Å². The number of nitrogens with zero attached hydrogens (tertiary/aromatic N) is 2. The molecule has 6 heteroatoms. The number of hydrogen-bond acceptors (Lipinski definition) is 3. The van der Waals surface area contributed by atoms with Gasteiger partial charge >= 0.3 is 0 Å². The van der Waals surface area contributed by atoms with Crippen molar-refractivity contribution < 1.29 is 13.2 Å². The lowest BCUT2D eigenvalue weighted by Crippen LogP contribution is -2.50. The molecule has 0 aromatic heterocycles. The predicted octanol–water partition coefficient (Wildman–Crippen LogP) is 1.07. The van der Waals surface area contributed by atoms with Crippen LogP contribution in [0.1, 0.15) is 16.7 Å². The Kier molecular flexibility index (Phi) is 3.88. The van der Waals surface area contributed by atoms with Gasteiger partial charge in [-0.15, -0.1) is 0 Å². The van der Waals surface area contributed by atoms with Gasteiger partial charge < -0.3 is 4.90 Å². The van der Waals surface area contributed by atoms with Crippen LogP contribution in [0.4, 0.5) is 0 Å². The van der Waals surface area contributed by atoms with Crippen molar-refractivity contribution in [2.24, 2.45) is 0 Å². The Bertz CT molecular complexity index is 629. The number of carbonyl (C=O) groups is 1. The van der Waals surface area contributed by atoms with Crippen molar-refractivity contribution in [1.82, 2.24) is 9.21 Å². The summed E-state index contributed by atoms with van der Waals surface area (Å²) in [6.07, 6.45) is 0.